The van der Waals surface area contributed by atoms with Crippen molar-refractivity contribution in [2.45, 2.75) is 0 Å². The summed E-state index contributed by atoms with van der Waals surface area (Å²) in [4.78, 5) is 28.6. The number of amides is 2. The van der Waals surface area contributed by atoms with E-state index < -0.39 is 0 Å². The summed E-state index contributed by atoms with van der Waals surface area (Å²) >= 11 is 0. The molecule has 0 atom stereocenters. The van der Waals surface area contributed by atoms with E-state index in [1.54, 1.807) is 16.8 Å². The van der Waals surface area contributed by atoms with Crippen molar-refractivity contribution in [3.8, 4) is 0 Å². The SMILES string of the molecule is CN1C(=O)/C(=C\N2CCN(C=O)CC2)c2ccccc21. The van der Waals surface area contributed by atoms with E-state index in [2.05, 4.69) is 4.90 Å². The molecule has 1 fully saturated rings. The predicted molar refractivity (Wildman–Crippen MR) is 77.0 cm³/mol. The number of hydrogen-bond donors (Lipinski definition) is 0. The summed E-state index contributed by atoms with van der Waals surface area (Å²) in [5.41, 5.74) is 2.68. The van der Waals surface area contributed by atoms with Crippen molar-refractivity contribution in [1.29, 1.82) is 0 Å². The van der Waals surface area contributed by atoms with Gasteiger partial charge in [0, 0.05) is 45.0 Å². The quantitative estimate of drug-likeness (QED) is 0.590. The van der Waals surface area contributed by atoms with E-state index in [1.165, 1.54) is 0 Å². The van der Waals surface area contributed by atoms with Crippen molar-refractivity contribution < 1.29 is 9.59 Å². The molecule has 20 heavy (non-hydrogen) atoms. The highest BCUT2D eigenvalue weighted by Crippen LogP contribution is 2.35. The Hall–Kier alpha value is -2.30. The Morgan fingerprint density at radius 1 is 1.05 bits per heavy atom. The Kier molecular flexibility index (Phi) is 3.18. The standard InChI is InChI=1S/C15H17N3O2/c1-16-14-5-3-2-4-12(14)13(15(16)20)10-17-6-8-18(11-19)9-7-17/h2-5,10-11H,6-9H2,1H3/b13-10-. The molecule has 1 aromatic carbocycles. The van der Waals surface area contributed by atoms with Crippen LogP contribution in [0, 0.1) is 0 Å². The van der Waals surface area contributed by atoms with Gasteiger partial charge >= 0.3 is 0 Å². The number of likely N-dealkylation sites (N-methyl/N-ethyl adjacent to an activating group) is 1. The molecule has 0 N–H and O–H groups in total. The molecule has 0 aliphatic carbocycles. The molecule has 3 rings (SSSR count). The lowest BCUT2D eigenvalue weighted by Crippen LogP contribution is -2.43. The lowest BCUT2D eigenvalue weighted by molar-refractivity contribution is -0.119. The molecule has 2 heterocycles. The molecule has 0 saturated carbocycles. The van der Waals surface area contributed by atoms with E-state index in [1.807, 2.05) is 30.5 Å². The van der Waals surface area contributed by atoms with E-state index in [0.29, 0.717) is 13.1 Å². The van der Waals surface area contributed by atoms with Gasteiger partial charge in [-0.25, -0.2) is 0 Å². The molecule has 1 aromatic rings. The van der Waals surface area contributed by atoms with Crippen LogP contribution < -0.4 is 4.90 Å². The highest BCUT2D eigenvalue weighted by atomic mass is 16.2. The first-order chi connectivity index (χ1) is 9.70. The number of piperazine rings is 1. The molecule has 5 nitrogen and oxygen atoms in total. The Balaban J connectivity index is 1.85. The van der Waals surface area contributed by atoms with Gasteiger partial charge in [-0.05, 0) is 6.07 Å². The summed E-state index contributed by atoms with van der Waals surface area (Å²) < 4.78 is 0. The number of nitrogens with zero attached hydrogens (tertiary/aromatic N) is 3. The van der Waals surface area contributed by atoms with Crippen LogP contribution in [-0.4, -0.2) is 55.3 Å². The lowest BCUT2D eigenvalue weighted by Gasteiger charge is -2.32. The van der Waals surface area contributed by atoms with Crippen molar-refractivity contribution in [2.75, 3.05) is 38.1 Å². The molecule has 0 unspecified atom stereocenters. The summed E-state index contributed by atoms with van der Waals surface area (Å²) in [7, 11) is 1.80. The largest absolute Gasteiger partial charge is 0.373 e. The fraction of sp³-hybridized carbons (Fsp3) is 0.333. The maximum absolute atomic E-state index is 12.3. The van der Waals surface area contributed by atoms with Gasteiger partial charge in [-0.2, -0.15) is 0 Å². The molecule has 2 amide bonds. The van der Waals surface area contributed by atoms with Gasteiger partial charge in [0.1, 0.15) is 0 Å². The third kappa shape index (κ3) is 2.05. The first-order valence-electron chi connectivity index (χ1n) is 6.73. The van der Waals surface area contributed by atoms with Crippen molar-refractivity contribution in [3.63, 3.8) is 0 Å². The highest BCUT2D eigenvalue weighted by Gasteiger charge is 2.30. The van der Waals surface area contributed by atoms with Crippen molar-refractivity contribution in [1.82, 2.24) is 9.80 Å². The molecule has 0 spiro atoms. The summed E-state index contributed by atoms with van der Waals surface area (Å²) in [6.07, 6.45) is 2.82. The number of benzene rings is 1. The smallest absolute Gasteiger partial charge is 0.260 e. The van der Waals surface area contributed by atoms with Crippen LogP contribution in [-0.2, 0) is 9.59 Å². The average molecular weight is 271 g/mol. The van der Waals surface area contributed by atoms with E-state index in [4.69, 9.17) is 0 Å². The molecular weight excluding hydrogens is 254 g/mol. The molecule has 5 heteroatoms. The predicted octanol–water partition coefficient (Wildman–Crippen LogP) is 0.778. The van der Waals surface area contributed by atoms with Crippen LogP contribution in [0.4, 0.5) is 5.69 Å². The average Bonchev–Trinajstić information content (AvgIpc) is 2.74. The van der Waals surface area contributed by atoms with Crippen molar-refractivity contribution in [3.05, 3.63) is 36.0 Å². The van der Waals surface area contributed by atoms with Crippen LogP contribution >= 0.6 is 0 Å². The zero-order valence-corrected chi connectivity index (χ0v) is 11.5. The fourth-order valence-electron chi connectivity index (χ4n) is 2.68. The van der Waals surface area contributed by atoms with Crippen LogP contribution in [0.15, 0.2) is 30.5 Å². The monoisotopic (exact) mass is 271 g/mol. The molecule has 104 valence electrons. The molecular formula is C15H17N3O2. The van der Waals surface area contributed by atoms with Gasteiger partial charge in [0.15, 0.2) is 0 Å². The second kappa shape index (κ2) is 5.00. The second-order valence-electron chi connectivity index (χ2n) is 5.10. The Bertz CT molecular complexity index is 574. The lowest BCUT2D eigenvalue weighted by atomic mass is 10.1. The number of rotatable bonds is 2. The van der Waals surface area contributed by atoms with Crippen LogP contribution in [0.2, 0.25) is 0 Å². The molecule has 0 radical (unpaired) electrons. The Labute approximate surface area is 118 Å². The third-order valence-electron chi connectivity index (χ3n) is 3.90. The van der Waals surface area contributed by atoms with Gasteiger partial charge in [0.2, 0.25) is 6.41 Å². The summed E-state index contributed by atoms with van der Waals surface area (Å²) in [5, 5.41) is 0. The van der Waals surface area contributed by atoms with Crippen LogP contribution in [0.1, 0.15) is 5.56 Å². The maximum atomic E-state index is 12.3. The van der Waals surface area contributed by atoms with Gasteiger partial charge in [-0.15, -0.1) is 0 Å². The molecule has 2 aliphatic rings. The molecule has 1 saturated heterocycles. The number of para-hydroxylation sites is 1. The molecule has 0 bridgehead atoms. The number of carbonyl (C=O) groups excluding carboxylic acids is 2. The van der Waals surface area contributed by atoms with E-state index in [9.17, 15) is 9.59 Å². The first kappa shape index (κ1) is 12.7. The van der Waals surface area contributed by atoms with Gasteiger partial charge < -0.3 is 14.7 Å². The van der Waals surface area contributed by atoms with Crippen molar-refractivity contribution in [2.24, 2.45) is 0 Å². The number of hydrogen-bond acceptors (Lipinski definition) is 3. The molecule has 2 aliphatic heterocycles. The van der Waals surface area contributed by atoms with Crippen LogP contribution in [0.25, 0.3) is 5.57 Å². The van der Waals surface area contributed by atoms with E-state index in [0.717, 1.165) is 36.3 Å². The minimum absolute atomic E-state index is 0.0315. The normalized spacial score (nSPS) is 20.6. The van der Waals surface area contributed by atoms with Crippen molar-refractivity contribution >= 4 is 23.6 Å². The number of carbonyl (C=O) groups is 2. The van der Waals surface area contributed by atoms with E-state index >= 15 is 0 Å². The fourth-order valence-corrected chi connectivity index (χ4v) is 2.68. The number of fused-ring (bicyclic) bond motifs is 1. The highest BCUT2D eigenvalue weighted by molar-refractivity contribution is 6.32. The molecule has 0 aromatic heterocycles. The topological polar surface area (TPSA) is 43.9 Å². The first-order valence-corrected chi connectivity index (χ1v) is 6.73. The zero-order valence-electron chi connectivity index (χ0n) is 11.5. The maximum Gasteiger partial charge on any atom is 0.260 e. The summed E-state index contributed by atoms with van der Waals surface area (Å²) in [5.74, 6) is 0.0315. The van der Waals surface area contributed by atoms with Gasteiger partial charge in [-0.3, -0.25) is 9.59 Å². The minimum atomic E-state index is 0.0315. The minimum Gasteiger partial charge on any atom is -0.373 e. The zero-order chi connectivity index (χ0) is 14.1. The number of anilines is 1. The van der Waals surface area contributed by atoms with E-state index in [-0.39, 0.29) is 5.91 Å². The van der Waals surface area contributed by atoms with Crippen LogP contribution in [0.5, 0.6) is 0 Å². The Morgan fingerprint density at radius 2 is 1.70 bits per heavy atom. The third-order valence-corrected chi connectivity index (χ3v) is 3.90. The van der Waals surface area contributed by atoms with Crippen LogP contribution in [0.3, 0.4) is 0 Å². The second-order valence-corrected chi connectivity index (χ2v) is 5.10. The van der Waals surface area contributed by atoms with Gasteiger partial charge in [-0.1, -0.05) is 18.2 Å². The van der Waals surface area contributed by atoms with Gasteiger partial charge in [0.05, 0.1) is 11.3 Å². The summed E-state index contributed by atoms with van der Waals surface area (Å²) in [6, 6.07) is 7.82. The summed E-state index contributed by atoms with van der Waals surface area (Å²) in [6.45, 7) is 2.95. The Morgan fingerprint density at radius 3 is 2.40 bits per heavy atom. The van der Waals surface area contributed by atoms with Gasteiger partial charge in [0.25, 0.3) is 5.91 Å².